The summed E-state index contributed by atoms with van der Waals surface area (Å²) in [5.74, 6) is 0.636. The minimum absolute atomic E-state index is 0.276. The van der Waals surface area contributed by atoms with Crippen LogP contribution in [-0.4, -0.2) is 50.1 Å². The second-order valence-electron chi connectivity index (χ2n) is 5.26. The van der Waals surface area contributed by atoms with Gasteiger partial charge in [0, 0.05) is 36.9 Å². The molecule has 5 heteroatoms. The molecule has 1 aromatic rings. The van der Waals surface area contributed by atoms with E-state index >= 15 is 0 Å². The highest BCUT2D eigenvalue weighted by molar-refractivity contribution is 9.10. The van der Waals surface area contributed by atoms with E-state index in [9.17, 15) is 0 Å². The summed E-state index contributed by atoms with van der Waals surface area (Å²) in [4.78, 5) is 2.41. The van der Waals surface area contributed by atoms with Crippen LogP contribution < -0.4 is 4.74 Å². The van der Waals surface area contributed by atoms with Crippen LogP contribution in [-0.2, 0) is 9.47 Å². The van der Waals surface area contributed by atoms with Gasteiger partial charge in [-0.25, -0.2) is 0 Å². The number of hydrogen-bond donors (Lipinski definition) is 0. The second kappa shape index (κ2) is 6.43. The average Bonchev–Trinajstić information content (AvgIpc) is 2.90. The molecule has 2 aliphatic heterocycles. The number of nitrogens with zero attached hydrogens (tertiary/aromatic N) is 1. The molecular formula is C15H20BrNO3. The Kier molecular flexibility index (Phi) is 4.61. The summed E-state index contributed by atoms with van der Waals surface area (Å²) in [6, 6.07) is 7.96. The quantitative estimate of drug-likeness (QED) is 0.842. The molecule has 2 fully saturated rings. The largest absolute Gasteiger partial charge is 0.492 e. The highest BCUT2D eigenvalue weighted by atomic mass is 79.9. The van der Waals surface area contributed by atoms with E-state index in [4.69, 9.17) is 14.2 Å². The van der Waals surface area contributed by atoms with Gasteiger partial charge < -0.3 is 14.2 Å². The average molecular weight is 342 g/mol. The summed E-state index contributed by atoms with van der Waals surface area (Å²) in [5.41, 5.74) is 0. The van der Waals surface area contributed by atoms with Gasteiger partial charge in [-0.3, -0.25) is 4.90 Å². The molecule has 1 aromatic carbocycles. The van der Waals surface area contributed by atoms with Gasteiger partial charge in [-0.1, -0.05) is 22.0 Å². The topological polar surface area (TPSA) is 30.9 Å². The summed E-state index contributed by atoms with van der Waals surface area (Å²) < 4.78 is 18.3. The maximum absolute atomic E-state index is 5.77. The number of benzene rings is 1. The van der Waals surface area contributed by atoms with Gasteiger partial charge in [0.05, 0.1) is 13.2 Å². The van der Waals surface area contributed by atoms with E-state index in [0.29, 0.717) is 6.61 Å². The number of piperidine rings is 1. The van der Waals surface area contributed by atoms with E-state index in [1.807, 2.05) is 24.3 Å². The highest BCUT2D eigenvalue weighted by Gasteiger charge is 2.39. The van der Waals surface area contributed by atoms with Crippen LogP contribution in [0.4, 0.5) is 0 Å². The van der Waals surface area contributed by atoms with Gasteiger partial charge in [0.1, 0.15) is 12.4 Å². The van der Waals surface area contributed by atoms with Crippen molar-refractivity contribution in [2.24, 2.45) is 0 Å². The monoisotopic (exact) mass is 341 g/mol. The molecule has 0 atom stereocenters. The molecule has 2 heterocycles. The fraction of sp³-hybridized carbons (Fsp3) is 0.600. The Morgan fingerprint density at radius 3 is 2.65 bits per heavy atom. The third kappa shape index (κ3) is 3.52. The van der Waals surface area contributed by atoms with Crippen molar-refractivity contribution in [2.45, 2.75) is 18.6 Å². The number of hydrogen-bond acceptors (Lipinski definition) is 4. The first-order chi connectivity index (χ1) is 9.76. The van der Waals surface area contributed by atoms with E-state index < -0.39 is 0 Å². The Labute approximate surface area is 128 Å². The Morgan fingerprint density at radius 2 is 1.95 bits per heavy atom. The van der Waals surface area contributed by atoms with Crippen molar-refractivity contribution in [1.29, 1.82) is 0 Å². The Bertz CT molecular complexity index is 438. The third-order valence-corrected chi connectivity index (χ3v) is 4.40. The number of likely N-dealkylation sites (tertiary alicyclic amines) is 1. The van der Waals surface area contributed by atoms with Crippen LogP contribution in [0.15, 0.2) is 28.7 Å². The lowest BCUT2D eigenvalue weighted by atomic mass is 10.0. The number of halogens is 1. The van der Waals surface area contributed by atoms with E-state index in [1.165, 1.54) is 0 Å². The fourth-order valence-corrected chi connectivity index (χ4v) is 3.13. The van der Waals surface area contributed by atoms with Gasteiger partial charge in [0.25, 0.3) is 0 Å². The maximum atomic E-state index is 5.77. The Hall–Kier alpha value is -0.620. The standard InChI is InChI=1S/C15H20BrNO3/c16-13-2-1-3-14(12-13)18-9-8-17-6-4-15(5-7-17)19-10-11-20-15/h1-3,12H,4-11H2. The number of rotatable bonds is 4. The van der Waals surface area contributed by atoms with Crippen LogP contribution in [0, 0.1) is 0 Å². The highest BCUT2D eigenvalue weighted by Crippen LogP contribution is 2.31. The van der Waals surface area contributed by atoms with Gasteiger partial charge in [-0.05, 0) is 18.2 Å². The lowest BCUT2D eigenvalue weighted by Crippen LogP contribution is -2.46. The van der Waals surface area contributed by atoms with Gasteiger partial charge in [-0.2, -0.15) is 0 Å². The minimum Gasteiger partial charge on any atom is -0.492 e. The van der Waals surface area contributed by atoms with Crippen LogP contribution in [0.1, 0.15) is 12.8 Å². The summed E-state index contributed by atoms with van der Waals surface area (Å²) in [7, 11) is 0. The SMILES string of the molecule is Brc1cccc(OCCN2CCC3(CC2)OCCO3)c1. The molecule has 2 saturated heterocycles. The Morgan fingerprint density at radius 1 is 1.20 bits per heavy atom. The van der Waals surface area contributed by atoms with Gasteiger partial charge in [-0.15, -0.1) is 0 Å². The first-order valence-corrected chi connectivity index (χ1v) is 7.94. The molecule has 20 heavy (non-hydrogen) atoms. The first kappa shape index (κ1) is 14.3. The molecule has 0 aliphatic carbocycles. The summed E-state index contributed by atoms with van der Waals surface area (Å²) in [6.07, 6.45) is 1.92. The zero-order valence-corrected chi connectivity index (χ0v) is 13.1. The number of ether oxygens (including phenoxy) is 3. The lowest BCUT2D eigenvalue weighted by molar-refractivity contribution is -0.185. The molecule has 3 rings (SSSR count). The molecule has 4 nitrogen and oxygen atoms in total. The van der Waals surface area contributed by atoms with Gasteiger partial charge >= 0.3 is 0 Å². The van der Waals surface area contributed by atoms with E-state index in [2.05, 4.69) is 20.8 Å². The molecule has 2 aliphatic rings. The van der Waals surface area contributed by atoms with Crippen LogP contribution in [0.3, 0.4) is 0 Å². The molecule has 0 bridgehead atoms. The minimum atomic E-state index is -0.276. The molecule has 0 saturated carbocycles. The predicted molar refractivity (Wildman–Crippen MR) is 79.9 cm³/mol. The molecule has 0 unspecified atom stereocenters. The van der Waals surface area contributed by atoms with Gasteiger partial charge in [0.2, 0.25) is 0 Å². The molecular weight excluding hydrogens is 322 g/mol. The molecule has 0 N–H and O–H groups in total. The van der Waals surface area contributed by atoms with Crippen molar-refractivity contribution in [1.82, 2.24) is 4.90 Å². The molecule has 0 amide bonds. The first-order valence-electron chi connectivity index (χ1n) is 7.14. The van der Waals surface area contributed by atoms with Crippen LogP contribution in [0.2, 0.25) is 0 Å². The van der Waals surface area contributed by atoms with Crippen LogP contribution >= 0.6 is 15.9 Å². The predicted octanol–water partition coefficient (Wildman–Crippen LogP) is 2.67. The van der Waals surface area contributed by atoms with Crippen molar-refractivity contribution < 1.29 is 14.2 Å². The second-order valence-corrected chi connectivity index (χ2v) is 6.17. The van der Waals surface area contributed by atoms with Crippen molar-refractivity contribution in [3.05, 3.63) is 28.7 Å². The van der Waals surface area contributed by atoms with E-state index in [1.54, 1.807) is 0 Å². The normalized spacial score (nSPS) is 22.2. The fourth-order valence-electron chi connectivity index (χ4n) is 2.75. The van der Waals surface area contributed by atoms with Crippen molar-refractivity contribution in [2.75, 3.05) is 39.5 Å². The van der Waals surface area contributed by atoms with Crippen molar-refractivity contribution >= 4 is 15.9 Å². The van der Waals surface area contributed by atoms with Crippen molar-refractivity contribution in [3.8, 4) is 5.75 Å². The van der Waals surface area contributed by atoms with E-state index in [0.717, 1.165) is 55.9 Å². The summed E-state index contributed by atoms with van der Waals surface area (Å²) >= 11 is 3.45. The van der Waals surface area contributed by atoms with Crippen molar-refractivity contribution in [3.63, 3.8) is 0 Å². The Balaban J connectivity index is 1.39. The molecule has 0 radical (unpaired) electrons. The molecule has 1 spiro atoms. The van der Waals surface area contributed by atoms with Gasteiger partial charge in [0.15, 0.2) is 5.79 Å². The molecule has 0 aromatic heterocycles. The van der Waals surface area contributed by atoms with E-state index in [-0.39, 0.29) is 5.79 Å². The maximum Gasteiger partial charge on any atom is 0.170 e. The zero-order chi connectivity index (χ0) is 13.8. The summed E-state index contributed by atoms with van der Waals surface area (Å²) in [6.45, 7) is 5.18. The van der Waals surface area contributed by atoms with Crippen LogP contribution in [0.5, 0.6) is 5.75 Å². The smallest absolute Gasteiger partial charge is 0.170 e. The third-order valence-electron chi connectivity index (χ3n) is 3.90. The zero-order valence-electron chi connectivity index (χ0n) is 11.5. The molecule has 110 valence electrons. The lowest BCUT2D eigenvalue weighted by Gasteiger charge is -2.37. The summed E-state index contributed by atoms with van der Waals surface area (Å²) in [5, 5.41) is 0. The van der Waals surface area contributed by atoms with Crippen LogP contribution in [0.25, 0.3) is 0 Å².